The summed E-state index contributed by atoms with van der Waals surface area (Å²) < 4.78 is 16.2. The molecule has 4 rings (SSSR count). The fourth-order valence-electron chi connectivity index (χ4n) is 5.39. The molecule has 0 aromatic heterocycles. The first kappa shape index (κ1) is 27.5. The number of hydrogen-bond acceptors (Lipinski definition) is 4. The van der Waals surface area contributed by atoms with Crippen molar-refractivity contribution in [2.45, 2.75) is 119 Å². The van der Waals surface area contributed by atoms with Crippen LogP contribution in [0.25, 0.3) is 0 Å². The van der Waals surface area contributed by atoms with Gasteiger partial charge in [0.15, 0.2) is 0 Å². The first-order valence-electron chi connectivity index (χ1n) is 13.0. The Morgan fingerprint density at radius 3 is 2.03 bits per heavy atom. The number of nitrogens with zero attached hydrogens (tertiary/aromatic N) is 1. The topological polar surface area (TPSA) is 40.0 Å². The van der Waals surface area contributed by atoms with Gasteiger partial charge in [0.25, 0.3) is 5.97 Å². The van der Waals surface area contributed by atoms with Crippen LogP contribution in [0.5, 0.6) is 0 Å². The molecule has 32 heavy (non-hydrogen) atoms. The lowest BCUT2D eigenvalue weighted by atomic mass is 9.72. The molecule has 3 heterocycles. The van der Waals surface area contributed by atoms with Gasteiger partial charge in [-0.2, -0.15) is 0 Å². The first-order valence-corrected chi connectivity index (χ1v) is 13.0. The molecule has 3 saturated heterocycles. The Balaban J connectivity index is 0.000000273. The molecule has 0 spiro atoms. The van der Waals surface area contributed by atoms with Crippen molar-refractivity contribution in [2.75, 3.05) is 19.8 Å². The highest BCUT2D eigenvalue weighted by Crippen LogP contribution is 2.41. The average Bonchev–Trinajstić information content (AvgIpc) is 2.67. The van der Waals surface area contributed by atoms with E-state index in [-0.39, 0.29) is 5.41 Å². The summed E-state index contributed by atoms with van der Waals surface area (Å²) in [6, 6.07) is 0.547. The Bertz CT molecular complexity index is 627. The van der Waals surface area contributed by atoms with Crippen molar-refractivity contribution < 1.29 is 14.2 Å². The van der Waals surface area contributed by atoms with Gasteiger partial charge in [-0.25, -0.2) is 0 Å². The number of rotatable bonds is 7. The zero-order valence-corrected chi connectivity index (χ0v) is 22.6. The predicted molar refractivity (Wildman–Crippen MR) is 135 cm³/mol. The maximum absolute atomic E-state index is 5.41. The molecule has 4 nitrogen and oxygen atoms in total. The van der Waals surface area contributed by atoms with Crippen LogP contribution in [-0.2, 0) is 14.2 Å². The number of ether oxygens (including phenoxy) is 3. The molecular weight excluding hydrogens is 398 g/mol. The van der Waals surface area contributed by atoms with Gasteiger partial charge in [-0.05, 0) is 69.6 Å². The maximum Gasteiger partial charge on any atom is 0.279 e. The largest absolute Gasteiger partial charge is 0.327 e. The lowest BCUT2D eigenvalue weighted by molar-refractivity contribution is -0.459. The summed E-state index contributed by atoms with van der Waals surface area (Å²) in [5, 5.41) is 0. The molecule has 1 aliphatic carbocycles. The van der Waals surface area contributed by atoms with E-state index in [0.717, 1.165) is 44.5 Å². The Morgan fingerprint density at radius 2 is 1.53 bits per heavy atom. The number of fused-ring (bicyclic) bond motifs is 3. The number of allylic oxidation sites excluding steroid dienone is 2. The van der Waals surface area contributed by atoms with Gasteiger partial charge in [0, 0.05) is 18.1 Å². The van der Waals surface area contributed by atoms with Crippen LogP contribution in [0.1, 0.15) is 107 Å². The fraction of sp³-hybridized carbons (Fsp3) is 0.893. The van der Waals surface area contributed by atoms with E-state index >= 15 is 0 Å². The van der Waals surface area contributed by atoms with Crippen LogP contribution in [-0.4, -0.2) is 37.5 Å². The van der Waals surface area contributed by atoms with E-state index in [1.165, 1.54) is 37.8 Å². The van der Waals surface area contributed by atoms with Crippen molar-refractivity contribution in [3.8, 4) is 0 Å². The summed E-state index contributed by atoms with van der Waals surface area (Å²) in [5.41, 5.74) is 3.42. The SMILES string of the molecule is CC(=CC1(C)CCCC(N=C(C)CC(C)C)C1)CC(C)C.CCC12COC(C)(OC1)OC2. The minimum atomic E-state index is -0.739. The molecule has 0 N–H and O–H groups in total. The van der Waals surface area contributed by atoms with Crippen LogP contribution < -0.4 is 0 Å². The molecule has 186 valence electrons. The van der Waals surface area contributed by atoms with Crippen LogP contribution in [0.3, 0.4) is 0 Å². The van der Waals surface area contributed by atoms with E-state index in [2.05, 4.69) is 61.5 Å². The van der Waals surface area contributed by atoms with Gasteiger partial charge in [0.2, 0.25) is 0 Å². The number of hydrogen-bond donors (Lipinski definition) is 0. The van der Waals surface area contributed by atoms with Crippen LogP contribution in [0.2, 0.25) is 0 Å². The van der Waals surface area contributed by atoms with Crippen molar-refractivity contribution >= 4 is 5.71 Å². The quantitative estimate of drug-likeness (QED) is 0.297. The Morgan fingerprint density at radius 1 is 0.969 bits per heavy atom. The molecule has 0 amide bonds. The zero-order valence-electron chi connectivity index (χ0n) is 22.6. The van der Waals surface area contributed by atoms with E-state index in [1.54, 1.807) is 5.57 Å². The first-order chi connectivity index (χ1) is 14.9. The van der Waals surface area contributed by atoms with Crippen LogP contribution >= 0.6 is 0 Å². The summed E-state index contributed by atoms with van der Waals surface area (Å²) >= 11 is 0. The molecule has 4 fully saturated rings. The molecule has 2 unspecified atom stereocenters. The second-order valence-electron chi connectivity index (χ2n) is 12.0. The highest BCUT2D eigenvalue weighted by molar-refractivity contribution is 5.82. The van der Waals surface area contributed by atoms with E-state index in [4.69, 9.17) is 19.2 Å². The van der Waals surface area contributed by atoms with Crippen molar-refractivity contribution in [1.29, 1.82) is 0 Å². The molecule has 4 aliphatic rings. The highest BCUT2D eigenvalue weighted by atomic mass is 16.9. The molecule has 2 bridgehead atoms. The summed E-state index contributed by atoms with van der Waals surface area (Å²) in [6.07, 6.45) is 11.2. The van der Waals surface area contributed by atoms with Gasteiger partial charge in [-0.1, -0.05) is 59.6 Å². The molecule has 4 heteroatoms. The average molecular weight is 450 g/mol. The van der Waals surface area contributed by atoms with Crippen molar-refractivity contribution in [1.82, 2.24) is 0 Å². The van der Waals surface area contributed by atoms with Gasteiger partial charge >= 0.3 is 0 Å². The molecule has 3 aliphatic heterocycles. The Labute approximate surface area is 198 Å². The smallest absolute Gasteiger partial charge is 0.279 e. The molecule has 0 radical (unpaired) electrons. The maximum atomic E-state index is 5.41. The molecule has 0 aromatic rings. The van der Waals surface area contributed by atoms with Gasteiger partial charge in [-0.3, -0.25) is 4.99 Å². The van der Waals surface area contributed by atoms with E-state index in [0.29, 0.717) is 11.5 Å². The van der Waals surface area contributed by atoms with Gasteiger partial charge < -0.3 is 14.2 Å². The lowest BCUT2D eigenvalue weighted by Crippen LogP contribution is -2.58. The standard InChI is InChI=1S/C20H37N.C8H14O3/c1-15(2)11-17(5)13-20(7)10-8-9-19(14-20)21-18(6)12-16(3)4;1-3-8-4-9-7(2,10-5-8)11-6-8/h13,15-16,19H,8-12,14H2,1-7H3;3-6H2,1-2H3. The van der Waals surface area contributed by atoms with Crippen molar-refractivity contribution in [3.63, 3.8) is 0 Å². The Hall–Kier alpha value is -0.710. The lowest BCUT2D eigenvalue weighted by Gasteiger charge is -2.50. The third-order valence-corrected chi connectivity index (χ3v) is 7.09. The minimum absolute atomic E-state index is 0.137. The summed E-state index contributed by atoms with van der Waals surface area (Å²) in [5.74, 6) is 0.740. The normalized spacial score (nSPS) is 35.8. The van der Waals surface area contributed by atoms with E-state index < -0.39 is 5.97 Å². The number of aliphatic imine (C=N–C) groups is 1. The van der Waals surface area contributed by atoms with Crippen molar-refractivity contribution in [2.24, 2.45) is 27.7 Å². The fourth-order valence-corrected chi connectivity index (χ4v) is 5.39. The summed E-state index contributed by atoms with van der Waals surface area (Å²) in [6.45, 7) is 22.4. The monoisotopic (exact) mass is 449 g/mol. The summed E-state index contributed by atoms with van der Waals surface area (Å²) in [4.78, 5) is 5.03. The third kappa shape index (κ3) is 8.57. The second kappa shape index (κ2) is 11.6. The Kier molecular flexibility index (Phi) is 10.00. The predicted octanol–water partition coefficient (Wildman–Crippen LogP) is 7.57. The molecular formula is C28H51NO3. The highest BCUT2D eigenvalue weighted by Gasteiger charge is 2.48. The molecule has 0 aromatic carbocycles. The zero-order chi connectivity index (χ0) is 24.0. The van der Waals surface area contributed by atoms with Crippen LogP contribution in [0.15, 0.2) is 16.6 Å². The summed E-state index contributed by atoms with van der Waals surface area (Å²) in [7, 11) is 0. The van der Waals surface area contributed by atoms with Gasteiger partial charge in [-0.15, -0.1) is 0 Å². The van der Waals surface area contributed by atoms with E-state index in [9.17, 15) is 0 Å². The molecule has 1 saturated carbocycles. The molecule has 2 atom stereocenters. The van der Waals surface area contributed by atoms with E-state index in [1.807, 2.05) is 6.92 Å². The third-order valence-electron chi connectivity index (χ3n) is 7.09. The van der Waals surface area contributed by atoms with Crippen LogP contribution in [0, 0.1) is 22.7 Å². The van der Waals surface area contributed by atoms with Gasteiger partial charge in [0.1, 0.15) is 0 Å². The minimum Gasteiger partial charge on any atom is -0.327 e. The van der Waals surface area contributed by atoms with Crippen LogP contribution in [0.4, 0.5) is 0 Å². The van der Waals surface area contributed by atoms with Crippen molar-refractivity contribution in [3.05, 3.63) is 11.6 Å². The van der Waals surface area contributed by atoms with Gasteiger partial charge in [0.05, 0.1) is 25.9 Å². The second-order valence-corrected chi connectivity index (χ2v) is 12.0.